The largest absolute Gasteiger partial charge is 0.477 e. The van der Waals surface area contributed by atoms with Crippen LogP contribution in [0.2, 0.25) is 0 Å². The van der Waals surface area contributed by atoms with Crippen molar-refractivity contribution in [3.05, 3.63) is 18.0 Å². The minimum Gasteiger partial charge on any atom is -0.477 e. The molecule has 92 valence electrons. The fraction of sp³-hybridized carbons (Fsp3) is 0.545. The first-order chi connectivity index (χ1) is 8.15. The normalized spacial score (nSPS) is 17.9. The molecule has 2 rings (SSSR count). The summed E-state index contributed by atoms with van der Waals surface area (Å²) < 4.78 is 0. The van der Waals surface area contributed by atoms with E-state index in [0.29, 0.717) is 12.0 Å². The molecule has 6 heteroatoms. The van der Waals surface area contributed by atoms with Crippen molar-refractivity contribution in [2.45, 2.75) is 18.9 Å². The highest BCUT2D eigenvalue weighted by molar-refractivity contribution is 5.85. The molecule has 0 radical (unpaired) electrons. The van der Waals surface area contributed by atoms with Crippen LogP contribution >= 0.6 is 0 Å². The van der Waals surface area contributed by atoms with Gasteiger partial charge >= 0.3 is 5.97 Å². The molecule has 1 aliphatic rings. The van der Waals surface area contributed by atoms with Crippen LogP contribution in [0.15, 0.2) is 12.3 Å². The molecule has 0 amide bonds. The number of likely N-dealkylation sites (tertiary alicyclic amines) is 1. The molecule has 0 bridgehead atoms. The lowest BCUT2D eigenvalue weighted by molar-refractivity contribution is 0.0690. The Balaban J connectivity index is 1.98. The van der Waals surface area contributed by atoms with Gasteiger partial charge < -0.3 is 15.3 Å². The van der Waals surface area contributed by atoms with Crippen molar-refractivity contribution < 1.29 is 9.90 Å². The molecule has 1 saturated heterocycles. The van der Waals surface area contributed by atoms with E-state index in [1.165, 1.54) is 12.3 Å². The summed E-state index contributed by atoms with van der Waals surface area (Å²) >= 11 is 0. The Morgan fingerprint density at radius 1 is 1.53 bits per heavy atom. The molecule has 0 aromatic carbocycles. The molecule has 1 aliphatic heterocycles. The topological polar surface area (TPSA) is 78.4 Å². The second-order valence-corrected chi connectivity index (χ2v) is 4.29. The van der Waals surface area contributed by atoms with E-state index in [2.05, 4.69) is 27.2 Å². The van der Waals surface area contributed by atoms with E-state index in [9.17, 15) is 4.79 Å². The zero-order valence-corrected chi connectivity index (χ0v) is 9.76. The predicted molar refractivity (Wildman–Crippen MR) is 63.1 cm³/mol. The van der Waals surface area contributed by atoms with Gasteiger partial charge in [-0.25, -0.2) is 14.8 Å². The number of nitrogens with one attached hydrogen (secondary N) is 1. The molecule has 1 aromatic rings. The van der Waals surface area contributed by atoms with Crippen molar-refractivity contribution in [1.82, 2.24) is 14.9 Å². The van der Waals surface area contributed by atoms with Gasteiger partial charge in [-0.3, -0.25) is 0 Å². The van der Waals surface area contributed by atoms with Gasteiger partial charge in [0, 0.05) is 12.2 Å². The number of aromatic carboxylic acids is 1. The molecule has 6 nitrogen and oxygen atoms in total. The smallest absolute Gasteiger partial charge is 0.354 e. The van der Waals surface area contributed by atoms with Crippen LogP contribution in [0.1, 0.15) is 23.3 Å². The maximum Gasteiger partial charge on any atom is 0.354 e. The lowest BCUT2D eigenvalue weighted by Crippen LogP contribution is -2.37. The van der Waals surface area contributed by atoms with Crippen LogP contribution in [0.3, 0.4) is 0 Å². The zero-order valence-electron chi connectivity index (χ0n) is 9.76. The molecular weight excluding hydrogens is 220 g/mol. The zero-order chi connectivity index (χ0) is 12.3. The molecule has 1 fully saturated rings. The molecule has 0 aliphatic carbocycles. The SMILES string of the molecule is CN1CCC(Nc2nccc(C(=O)O)n2)CC1. The fourth-order valence-corrected chi connectivity index (χ4v) is 1.88. The third-order valence-electron chi connectivity index (χ3n) is 2.93. The van der Waals surface area contributed by atoms with Gasteiger partial charge in [0.15, 0.2) is 5.69 Å². The monoisotopic (exact) mass is 236 g/mol. The van der Waals surface area contributed by atoms with Gasteiger partial charge in [-0.2, -0.15) is 0 Å². The number of anilines is 1. The highest BCUT2D eigenvalue weighted by Gasteiger charge is 2.17. The highest BCUT2D eigenvalue weighted by Crippen LogP contribution is 2.12. The number of hydrogen-bond acceptors (Lipinski definition) is 5. The fourth-order valence-electron chi connectivity index (χ4n) is 1.88. The van der Waals surface area contributed by atoms with Gasteiger partial charge in [-0.05, 0) is 39.0 Å². The van der Waals surface area contributed by atoms with Gasteiger partial charge in [0.2, 0.25) is 5.95 Å². The number of carboxylic acid groups (broad SMARTS) is 1. The Hall–Kier alpha value is -1.69. The van der Waals surface area contributed by atoms with Gasteiger partial charge in [0.1, 0.15) is 0 Å². The first-order valence-corrected chi connectivity index (χ1v) is 5.66. The van der Waals surface area contributed by atoms with Crippen molar-refractivity contribution in [3.63, 3.8) is 0 Å². The number of rotatable bonds is 3. The number of piperidine rings is 1. The highest BCUT2D eigenvalue weighted by atomic mass is 16.4. The Kier molecular flexibility index (Phi) is 3.53. The summed E-state index contributed by atoms with van der Waals surface area (Å²) in [5, 5.41) is 12.0. The average molecular weight is 236 g/mol. The van der Waals surface area contributed by atoms with Crippen LogP contribution < -0.4 is 5.32 Å². The number of hydrogen-bond donors (Lipinski definition) is 2. The summed E-state index contributed by atoms with van der Waals surface area (Å²) in [6.45, 7) is 2.08. The van der Waals surface area contributed by atoms with Crippen LogP contribution in [-0.4, -0.2) is 52.1 Å². The van der Waals surface area contributed by atoms with E-state index < -0.39 is 5.97 Å². The van der Waals surface area contributed by atoms with Crippen LogP contribution in [0.5, 0.6) is 0 Å². The molecule has 0 saturated carbocycles. The first-order valence-electron chi connectivity index (χ1n) is 5.66. The van der Waals surface area contributed by atoms with Crippen molar-refractivity contribution in [1.29, 1.82) is 0 Å². The third kappa shape index (κ3) is 3.13. The van der Waals surface area contributed by atoms with E-state index >= 15 is 0 Å². The summed E-state index contributed by atoms with van der Waals surface area (Å²) in [7, 11) is 2.10. The lowest BCUT2D eigenvalue weighted by atomic mass is 10.1. The van der Waals surface area contributed by atoms with Crippen LogP contribution in [0.4, 0.5) is 5.95 Å². The summed E-state index contributed by atoms with van der Waals surface area (Å²) in [6.07, 6.45) is 3.52. The summed E-state index contributed by atoms with van der Waals surface area (Å²) in [6, 6.07) is 1.72. The van der Waals surface area contributed by atoms with Crippen LogP contribution in [0.25, 0.3) is 0 Å². The second-order valence-electron chi connectivity index (χ2n) is 4.29. The Morgan fingerprint density at radius 3 is 2.88 bits per heavy atom. The molecule has 2 N–H and O–H groups in total. The average Bonchev–Trinajstić information content (AvgIpc) is 2.32. The Bertz CT molecular complexity index is 402. The second kappa shape index (κ2) is 5.09. The molecule has 1 aromatic heterocycles. The standard InChI is InChI=1S/C11H16N4O2/c1-15-6-3-8(4-7-15)13-11-12-5-2-9(14-11)10(16)17/h2,5,8H,3-4,6-7H2,1H3,(H,16,17)(H,12,13,14). The van der Waals surface area contributed by atoms with Crippen molar-refractivity contribution in [3.8, 4) is 0 Å². The van der Waals surface area contributed by atoms with E-state index in [4.69, 9.17) is 5.11 Å². The van der Waals surface area contributed by atoms with Crippen molar-refractivity contribution in [2.75, 3.05) is 25.5 Å². The maximum absolute atomic E-state index is 10.8. The summed E-state index contributed by atoms with van der Waals surface area (Å²) in [5.41, 5.74) is 0.0235. The van der Waals surface area contributed by atoms with E-state index in [-0.39, 0.29) is 5.69 Å². The van der Waals surface area contributed by atoms with E-state index in [1.54, 1.807) is 0 Å². The number of nitrogens with zero attached hydrogens (tertiary/aromatic N) is 3. The van der Waals surface area contributed by atoms with Crippen LogP contribution in [0, 0.1) is 0 Å². The summed E-state index contributed by atoms with van der Waals surface area (Å²) in [5.74, 6) is -0.627. The molecule has 2 heterocycles. The Morgan fingerprint density at radius 2 is 2.24 bits per heavy atom. The minimum absolute atomic E-state index is 0.0235. The minimum atomic E-state index is -1.03. The predicted octanol–water partition coefficient (Wildman–Crippen LogP) is 0.681. The molecule has 0 atom stereocenters. The van der Waals surface area contributed by atoms with Gasteiger partial charge in [0.05, 0.1) is 0 Å². The molecule has 0 unspecified atom stereocenters. The number of aromatic nitrogens is 2. The van der Waals surface area contributed by atoms with E-state index in [0.717, 1.165) is 25.9 Å². The maximum atomic E-state index is 10.8. The lowest BCUT2D eigenvalue weighted by Gasteiger charge is -2.29. The van der Waals surface area contributed by atoms with Gasteiger partial charge in [-0.15, -0.1) is 0 Å². The Labute approximate surface area is 99.7 Å². The molecule has 0 spiro atoms. The number of carbonyl (C=O) groups is 1. The van der Waals surface area contributed by atoms with Crippen molar-refractivity contribution >= 4 is 11.9 Å². The third-order valence-corrected chi connectivity index (χ3v) is 2.93. The first kappa shape index (κ1) is 11.8. The molecule has 17 heavy (non-hydrogen) atoms. The van der Waals surface area contributed by atoms with Crippen LogP contribution in [-0.2, 0) is 0 Å². The summed E-state index contributed by atoms with van der Waals surface area (Å²) in [4.78, 5) is 21.0. The number of carboxylic acids is 1. The quantitative estimate of drug-likeness (QED) is 0.803. The van der Waals surface area contributed by atoms with Crippen molar-refractivity contribution in [2.24, 2.45) is 0 Å². The van der Waals surface area contributed by atoms with Gasteiger partial charge in [-0.1, -0.05) is 0 Å². The van der Waals surface area contributed by atoms with Gasteiger partial charge in [0.25, 0.3) is 0 Å². The van der Waals surface area contributed by atoms with E-state index in [1.807, 2.05) is 0 Å². The molecular formula is C11H16N4O2.